The molecule has 0 radical (unpaired) electrons. The van der Waals surface area contributed by atoms with Gasteiger partial charge in [0.2, 0.25) is 0 Å². The number of carbonyl (C=O) groups is 2. The molecule has 0 aromatic carbocycles. The van der Waals surface area contributed by atoms with Crippen LogP contribution in [-0.4, -0.2) is 23.5 Å². The van der Waals surface area contributed by atoms with E-state index in [0.717, 1.165) is 12.8 Å². The lowest BCUT2D eigenvalue weighted by molar-refractivity contribution is -0.148. The summed E-state index contributed by atoms with van der Waals surface area (Å²) >= 11 is 0. The molecule has 1 saturated carbocycles. The van der Waals surface area contributed by atoms with Gasteiger partial charge in [-0.3, -0.25) is 9.59 Å². The van der Waals surface area contributed by atoms with Gasteiger partial charge in [-0.2, -0.15) is 0 Å². The highest BCUT2D eigenvalue weighted by Crippen LogP contribution is 2.37. The molecule has 0 saturated heterocycles. The third-order valence-corrected chi connectivity index (χ3v) is 3.57. The lowest BCUT2D eigenvalue weighted by atomic mass is 9.86. The fourth-order valence-corrected chi connectivity index (χ4v) is 2.41. The summed E-state index contributed by atoms with van der Waals surface area (Å²) in [5.74, 6) is -0.286. The van der Waals surface area contributed by atoms with Crippen LogP contribution < -0.4 is 5.32 Å². The molecule has 5 nitrogen and oxygen atoms in total. The average molecular weight is 251 g/mol. The minimum Gasteiger partial charge on any atom is -0.481 e. The van der Waals surface area contributed by atoms with Crippen LogP contribution in [0.2, 0.25) is 0 Å². The normalized spacial score (nSPS) is 17.6. The smallest absolute Gasteiger partial charge is 0.311 e. The van der Waals surface area contributed by atoms with E-state index in [2.05, 4.69) is 5.32 Å². The van der Waals surface area contributed by atoms with Crippen molar-refractivity contribution < 1.29 is 19.1 Å². The number of carbonyl (C=O) groups excluding carboxylic acids is 1. The first-order valence-electron chi connectivity index (χ1n) is 6.12. The number of hydrogen-bond donors (Lipinski definition) is 2. The summed E-state index contributed by atoms with van der Waals surface area (Å²) in [6.45, 7) is 1.92. The molecule has 1 amide bonds. The van der Waals surface area contributed by atoms with Crippen LogP contribution in [-0.2, 0) is 4.79 Å². The lowest BCUT2D eigenvalue weighted by Gasteiger charge is -2.23. The van der Waals surface area contributed by atoms with Gasteiger partial charge in [-0.05, 0) is 31.9 Å². The molecule has 1 fully saturated rings. The van der Waals surface area contributed by atoms with Crippen LogP contribution >= 0.6 is 0 Å². The van der Waals surface area contributed by atoms with E-state index in [-0.39, 0.29) is 18.2 Å². The van der Waals surface area contributed by atoms with E-state index in [1.807, 2.05) is 0 Å². The number of nitrogens with one attached hydrogen (secondary N) is 1. The summed E-state index contributed by atoms with van der Waals surface area (Å²) in [4.78, 5) is 23.1. The summed E-state index contributed by atoms with van der Waals surface area (Å²) < 4.78 is 5.19. The fourth-order valence-electron chi connectivity index (χ4n) is 2.41. The summed E-state index contributed by atoms with van der Waals surface area (Å²) in [7, 11) is 0. The Balaban J connectivity index is 1.98. The summed E-state index contributed by atoms with van der Waals surface area (Å²) in [5.41, 5.74) is -0.794. The van der Waals surface area contributed by atoms with Gasteiger partial charge >= 0.3 is 5.97 Å². The molecule has 5 heteroatoms. The van der Waals surface area contributed by atoms with Crippen LogP contribution in [0.4, 0.5) is 0 Å². The van der Waals surface area contributed by atoms with E-state index in [1.54, 1.807) is 19.1 Å². The zero-order chi connectivity index (χ0) is 13.2. The van der Waals surface area contributed by atoms with E-state index >= 15 is 0 Å². The Hall–Kier alpha value is -1.78. The second-order valence-corrected chi connectivity index (χ2v) is 4.89. The first-order chi connectivity index (χ1) is 8.53. The highest BCUT2D eigenvalue weighted by Gasteiger charge is 2.41. The number of aryl methyl sites for hydroxylation is 1. The third kappa shape index (κ3) is 2.39. The van der Waals surface area contributed by atoms with Crippen molar-refractivity contribution in [2.75, 3.05) is 6.54 Å². The Morgan fingerprint density at radius 1 is 1.39 bits per heavy atom. The molecular weight excluding hydrogens is 234 g/mol. The number of carboxylic acids is 1. The Bertz CT molecular complexity index is 457. The maximum Gasteiger partial charge on any atom is 0.311 e. The first kappa shape index (κ1) is 12.7. The van der Waals surface area contributed by atoms with Crippen LogP contribution in [0.15, 0.2) is 16.5 Å². The predicted octanol–water partition coefficient (Wildman–Crippen LogP) is 1.96. The molecule has 0 unspecified atom stereocenters. The fraction of sp³-hybridized carbons (Fsp3) is 0.538. The maximum absolute atomic E-state index is 11.8. The second-order valence-electron chi connectivity index (χ2n) is 4.89. The van der Waals surface area contributed by atoms with Crippen molar-refractivity contribution in [3.05, 3.63) is 23.7 Å². The van der Waals surface area contributed by atoms with Crippen LogP contribution in [0.25, 0.3) is 0 Å². The Morgan fingerprint density at radius 2 is 2.06 bits per heavy atom. The van der Waals surface area contributed by atoms with Crippen LogP contribution in [0.1, 0.15) is 42.0 Å². The Labute approximate surface area is 105 Å². The SMILES string of the molecule is Cc1ccc(C(=O)NCC2(C(=O)O)CCCC2)o1. The van der Waals surface area contributed by atoms with Gasteiger partial charge in [0, 0.05) is 6.54 Å². The van der Waals surface area contributed by atoms with Gasteiger partial charge < -0.3 is 14.8 Å². The van der Waals surface area contributed by atoms with Crippen molar-refractivity contribution in [2.45, 2.75) is 32.6 Å². The number of carboxylic acid groups (broad SMARTS) is 1. The highest BCUT2D eigenvalue weighted by atomic mass is 16.4. The van der Waals surface area contributed by atoms with E-state index in [0.29, 0.717) is 18.6 Å². The number of aliphatic carboxylic acids is 1. The number of hydrogen-bond acceptors (Lipinski definition) is 3. The van der Waals surface area contributed by atoms with Gasteiger partial charge in [0.05, 0.1) is 5.41 Å². The van der Waals surface area contributed by atoms with Gasteiger partial charge in [-0.25, -0.2) is 0 Å². The Kier molecular flexibility index (Phi) is 3.41. The van der Waals surface area contributed by atoms with Gasteiger partial charge in [0.15, 0.2) is 5.76 Å². The predicted molar refractivity (Wildman–Crippen MR) is 64.3 cm³/mol. The van der Waals surface area contributed by atoms with Crippen molar-refractivity contribution in [2.24, 2.45) is 5.41 Å². The van der Waals surface area contributed by atoms with Crippen LogP contribution in [0.3, 0.4) is 0 Å². The molecule has 98 valence electrons. The summed E-state index contributed by atoms with van der Waals surface area (Å²) in [6, 6.07) is 3.30. The minimum atomic E-state index is -0.823. The molecule has 1 aromatic heterocycles. The number of amides is 1. The van der Waals surface area contributed by atoms with E-state index < -0.39 is 11.4 Å². The lowest BCUT2D eigenvalue weighted by Crippen LogP contribution is -2.41. The average Bonchev–Trinajstić information content (AvgIpc) is 2.95. The molecule has 2 rings (SSSR count). The van der Waals surface area contributed by atoms with Crippen molar-refractivity contribution in [3.8, 4) is 0 Å². The van der Waals surface area contributed by atoms with Crippen LogP contribution in [0, 0.1) is 12.3 Å². The molecule has 1 aliphatic carbocycles. The van der Waals surface area contributed by atoms with Gasteiger partial charge in [-0.15, -0.1) is 0 Å². The Morgan fingerprint density at radius 3 is 2.56 bits per heavy atom. The zero-order valence-electron chi connectivity index (χ0n) is 10.4. The molecule has 0 atom stereocenters. The molecule has 0 spiro atoms. The van der Waals surface area contributed by atoms with Crippen LogP contribution in [0.5, 0.6) is 0 Å². The van der Waals surface area contributed by atoms with Crippen molar-refractivity contribution in [1.29, 1.82) is 0 Å². The monoisotopic (exact) mass is 251 g/mol. The molecular formula is C13H17NO4. The first-order valence-corrected chi connectivity index (χ1v) is 6.12. The molecule has 0 bridgehead atoms. The topological polar surface area (TPSA) is 79.5 Å². The molecule has 2 N–H and O–H groups in total. The van der Waals surface area contributed by atoms with Crippen molar-refractivity contribution in [1.82, 2.24) is 5.32 Å². The van der Waals surface area contributed by atoms with E-state index in [9.17, 15) is 14.7 Å². The number of furan rings is 1. The molecule has 1 aromatic rings. The zero-order valence-corrected chi connectivity index (χ0v) is 10.4. The van der Waals surface area contributed by atoms with Gasteiger partial charge in [-0.1, -0.05) is 12.8 Å². The summed E-state index contributed by atoms with van der Waals surface area (Å²) in [6.07, 6.45) is 3.06. The second kappa shape index (κ2) is 4.84. The third-order valence-electron chi connectivity index (χ3n) is 3.57. The number of rotatable bonds is 4. The highest BCUT2D eigenvalue weighted by molar-refractivity contribution is 5.92. The quantitative estimate of drug-likeness (QED) is 0.857. The molecule has 1 aliphatic rings. The molecule has 1 heterocycles. The molecule has 18 heavy (non-hydrogen) atoms. The van der Waals surface area contributed by atoms with Crippen molar-refractivity contribution in [3.63, 3.8) is 0 Å². The largest absolute Gasteiger partial charge is 0.481 e. The molecule has 0 aliphatic heterocycles. The maximum atomic E-state index is 11.8. The minimum absolute atomic E-state index is 0.168. The van der Waals surface area contributed by atoms with E-state index in [1.165, 1.54) is 0 Å². The van der Waals surface area contributed by atoms with Crippen molar-refractivity contribution >= 4 is 11.9 Å². The van der Waals surface area contributed by atoms with Gasteiger partial charge in [0.25, 0.3) is 5.91 Å². The summed E-state index contributed by atoms with van der Waals surface area (Å²) in [5, 5.41) is 11.9. The van der Waals surface area contributed by atoms with E-state index in [4.69, 9.17) is 4.42 Å². The van der Waals surface area contributed by atoms with Gasteiger partial charge in [0.1, 0.15) is 5.76 Å². The standard InChI is InChI=1S/C13H17NO4/c1-9-4-5-10(18-9)11(15)14-8-13(12(16)17)6-2-3-7-13/h4-5H,2-3,6-8H2,1H3,(H,14,15)(H,16,17).